The molecule has 0 aliphatic rings. The summed E-state index contributed by atoms with van der Waals surface area (Å²) in [6.45, 7) is 3.25. The Kier molecular flexibility index (Phi) is 2.83. The van der Waals surface area contributed by atoms with Crippen molar-refractivity contribution >= 4 is 16.0 Å². The van der Waals surface area contributed by atoms with E-state index in [9.17, 15) is 13.2 Å². The van der Waals surface area contributed by atoms with Crippen molar-refractivity contribution in [3.05, 3.63) is 28.8 Å². The molecule has 0 bridgehead atoms. The van der Waals surface area contributed by atoms with Crippen LogP contribution >= 0.6 is 0 Å². The normalized spacial score (nSPS) is 11.4. The van der Waals surface area contributed by atoms with Crippen molar-refractivity contribution in [2.75, 3.05) is 0 Å². The second-order valence-corrected chi connectivity index (χ2v) is 4.76. The van der Waals surface area contributed by atoms with Gasteiger partial charge in [-0.05, 0) is 31.0 Å². The Morgan fingerprint density at radius 2 is 1.87 bits per heavy atom. The Balaban J connectivity index is 3.70. The van der Waals surface area contributed by atoms with Gasteiger partial charge >= 0.3 is 5.97 Å². The summed E-state index contributed by atoms with van der Waals surface area (Å²) in [5, 5.41) is 13.8. The van der Waals surface area contributed by atoms with E-state index >= 15 is 0 Å². The van der Waals surface area contributed by atoms with E-state index in [1.54, 1.807) is 13.8 Å². The predicted octanol–water partition coefficient (Wildman–Crippen LogP) is 0.649. The van der Waals surface area contributed by atoms with Crippen LogP contribution in [0.25, 0.3) is 0 Å². The van der Waals surface area contributed by atoms with E-state index in [0.29, 0.717) is 11.1 Å². The number of rotatable bonds is 2. The lowest BCUT2D eigenvalue weighted by molar-refractivity contribution is 0.0691. The van der Waals surface area contributed by atoms with Crippen LogP contribution in [0.4, 0.5) is 0 Å². The summed E-state index contributed by atoms with van der Waals surface area (Å²) < 4.78 is 22.3. The van der Waals surface area contributed by atoms with Gasteiger partial charge in [0, 0.05) is 0 Å². The van der Waals surface area contributed by atoms with E-state index in [4.69, 9.17) is 10.2 Å². The monoisotopic (exact) mass is 229 g/mol. The van der Waals surface area contributed by atoms with Crippen LogP contribution in [-0.2, 0) is 10.0 Å². The molecule has 0 atom stereocenters. The Hall–Kier alpha value is -1.40. The van der Waals surface area contributed by atoms with Crippen LogP contribution < -0.4 is 5.14 Å². The molecule has 0 aromatic heterocycles. The van der Waals surface area contributed by atoms with E-state index in [1.165, 1.54) is 12.1 Å². The summed E-state index contributed by atoms with van der Waals surface area (Å²) in [6.07, 6.45) is 0. The van der Waals surface area contributed by atoms with E-state index in [0.717, 1.165) is 0 Å². The van der Waals surface area contributed by atoms with Gasteiger partial charge in [-0.3, -0.25) is 0 Å². The fourth-order valence-electron chi connectivity index (χ4n) is 1.29. The Morgan fingerprint density at radius 3 is 2.27 bits per heavy atom. The van der Waals surface area contributed by atoms with Gasteiger partial charge < -0.3 is 5.11 Å². The first-order chi connectivity index (χ1) is 6.75. The van der Waals surface area contributed by atoms with Gasteiger partial charge in [0.1, 0.15) is 0 Å². The van der Waals surface area contributed by atoms with Crippen LogP contribution in [-0.4, -0.2) is 19.5 Å². The molecule has 0 fully saturated rings. The molecule has 0 saturated carbocycles. The average molecular weight is 229 g/mol. The van der Waals surface area contributed by atoms with E-state index in [2.05, 4.69) is 0 Å². The minimum Gasteiger partial charge on any atom is -0.478 e. The molecule has 1 rings (SSSR count). The number of aromatic carboxylic acids is 1. The zero-order valence-electron chi connectivity index (χ0n) is 8.31. The summed E-state index contributed by atoms with van der Waals surface area (Å²) >= 11 is 0. The van der Waals surface area contributed by atoms with Gasteiger partial charge in [-0.15, -0.1) is 0 Å². The molecular formula is C9H11NO4S. The topological polar surface area (TPSA) is 97.5 Å². The zero-order valence-corrected chi connectivity index (χ0v) is 9.13. The lowest BCUT2D eigenvalue weighted by Gasteiger charge is -2.09. The molecule has 0 aliphatic carbocycles. The van der Waals surface area contributed by atoms with Crippen LogP contribution in [0, 0.1) is 13.8 Å². The van der Waals surface area contributed by atoms with Gasteiger partial charge in [-0.1, -0.05) is 6.07 Å². The minimum atomic E-state index is -4.00. The van der Waals surface area contributed by atoms with E-state index < -0.39 is 16.0 Å². The average Bonchev–Trinajstić information content (AvgIpc) is 2.06. The summed E-state index contributed by atoms with van der Waals surface area (Å²) in [4.78, 5) is 10.6. The standard InChI is InChI=1S/C9H11NO4S/c1-5-3-4-7(15(10,13)14)8(6(5)2)9(11)12/h3-4H,1-2H3,(H,11,12)(H2,10,13,14). The Bertz CT molecular complexity index is 519. The molecule has 0 saturated heterocycles. The molecule has 0 radical (unpaired) electrons. The highest BCUT2D eigenvalue weighted by molar-refractivity contribution is 7.89. The fraction of sp³-hybridized carbons (Fsp3) is 0.222. The predicted molar refractivity (Wildman–Crippen MR) is 54.2 cm³/mol. The highest BCUT2D eigenvalue weighted by Gasteiger charge is 2.21. The number of carboxylic acids is 1. The lowest BCUT2D eigenvalue weighted by Crippen LogP contribution is -2.18. The lowest BCUT2D eigenvalue weighted by atomic mass is 10.0. The number of hydrogen-bond acceptors (Lipinski definition) is 3. The third-order valence-corrected chi connectivity index (χ3v) is 3.17. The van der Waals surface area contributed by atoms with Crippen molar-refractivity contribution in [2.24, 2.45) is 5.14 Å². The second-order valence-electron chi connectivity index (χ2n) is 3.23. The smallest absolute Gasteiger partial charge is 0.337 e. The van der Waals surface area contributed by atoms with Crippen molar-refractivity contribution in [3.63, 3.8) is 0 Å². The van der Waals surface area contributed by atoms with Crippen LogP contribution in [0.1, 0.15) is 21.5 Å². The largest absolute Gasteiger partial charge is 0.478 e. The maximum absolute atomic E-state index is 11.1. The second kappa shape index (κ2) is 3.63. The number of sulfonamides is 1. The first kappa shape index (κ1) is 11.7. The van der Waals surface area contributed by atoms with Gasteiger partial charge in [-0.2, -0.15) is 0 Å². The molecule has 3 N–H and O–H groups in total. The fourth-order valence-corrected chi connectivity index (χ4v) is 2.08. The quantitative estimate of drug-likeness (QED) is 0.777. The number of primary sulfonamides is 1. The number of aryl methyl sites for hydroxylation is 1. The molecule has 82 valence electrons. The van der Waals surface area contributed by atoms with E-state index in [-0.39, 0.29) is 10.5 Å². The number of nitrogens with two attached hydrogens (primary N) is 1. The summed E-state index contributed by atoms with van der Waals surface area (Å²) in [5.41, 5.74) is 0.867. The number of carbonyl (C=O) groups is 1. The van der Waals surface area contributed by atoms with Crippen LogP contribution in [0.3, 0.4) is 0 Å². The minimum absolute atomic E-state index is 0.252. The highest BCUT2D eigenvalue weighted by Crippen LogP contribution is 2.21. The van der Waals surface area contributed by atoms with Gasteiger partial charge in [0.25, 0.3) is 0 Å². The summed E-state index contributed by atoms with van der Waals surface area (Å²) in [6, 6.07) is 2.74. The SMILES string of the molecule is Cc1ccc(S(N)(=O)=O)c(C(=O)O)c1C. The van der Waals surface area contributed by atoms with Gasteiger partial charge in [0.05, 0.1) is 10.5 Å². The highest BCUT2D eigenvalue weighted by atomic mass is 32.2. The third-order valence-electron chi connectivity index (χ3n) is 2.22. The Morgan fingerprint density at radius 1 is 1.33 bits per heavy atom. The number of hydrogen-bond donors (Lipinski definition) is 2. The van der Waals surface area contributed by atoms with Crippen LogP contribution in [0.15, 0.2) is 17.0 Å². The molecule has 0 unspecified atom stereocenters. The first-order valence-electron chi connectivity index (χ1n) is 4.11. The third kappa shape index (κ3) is 2.16. The molecular weight excluding hydrogens is 218 g/mol. The van der Waals surface area contributed by atoms with Crippen molar-refractivity contribution in [1.29, 1.82) is 0 Å². The molecule has 1 aromatic carbocycles. The van der Waals surface area contributed by atoms with Gasteiger partial charge in [0.2, 0.25) is 10.0 Å². The van der Waals surface area contributed by atoms with Crippen LogP contribution in [0.2, 0.25) is 0 Å². The molecule has 0 spiro atoms. The first-order valence-corrected chi connectivity index (χ1v) is 5.66. The van der Waals surface area contributed by atoms with Crippen molar-refractivity contribution in [1.82, 2.24) is 0 Å². The maximum Gasteiger partial charge on any atom is 0.337 e. The molecule has 5 nitrogen and oxygen atoms in total. The number of carboxylic acid groups (broad SMARTS) is 1. The zero-order chi connectivity index (χ0) is 11.8. The van der Waals surface area contributed by atoms with Crippen LogP contribution in [0.5, 0.6) is 0 Å². The molecule has 15 heavy (non-hydrogen) atoms. The Labute approximate surface area is 87.6 Å². The molecule has 0 amide bonds. The van der Waals surface area contributed by atoms with Crippen molar-refractivity contribution in [3.8, 4) is 0 Å². The molecule has 1 aromatic rings. The van der Waals surface area contributed by atoms with E-state index in [1.807, 2.05) is 0 Å². The van der Waals surface area contributed by atoms with Crippen molar-refractivity contribution < 1.29 is 18.3 Å². The molecule has 0 aliphatic heterocycles. The maximum atomic E-state index is 11.1. The van der Waals surface area contributed by atoms with Gasteiger partial charge in [0.15, 0.2) is 0 Å². The molecule has 6 heteroatoms. The molecule has 0 heterocycles. The van der Waals surface area contributed by atoms with Crippen molar-refractivity contribution in [2.45, 2.75) is 18.7 Å². The number of benzene rings is 1. The summed E-state index contributed by atoms with van der Waals surface area (Å²) in [7, 11) is -4.00. The summed E-state index contributed by atoms with van der Waals surface area (Å²) in [5.74, 6) is -1.29. The van der Waals surface area contributed by atoms with Gasteiger partial charge in [-0.25, -0.2) is 18.4 Å².